The molecular formula is C19H31N3O2. The lowest BCUT2D eigenvalue weighted by atomic mass is 9.87. The molecule has 2 N–H and O–H groups in total. The zero-order chi connectivity index (χ0) is 17.7. The van der Waals surface area contributed by atoms with Crippen LogP contribution in [0.2, 0.25) is 0 Å². The lowest BCUT2D eigenvalue weighted by Crippen LogP contribution is -2.44. The highest BCUT2D eigenvalue weighted by Gasteiger charge is 2.31. The van der Waals surface area contributed by atoms with Gasteiger partial charge in [-0.25, -0.2) is 4.79 Å². The molecular weight excluding hydrogens is 302 g/mol. The highest BCUT2D eigenvalue weighted by molar-refractivity contribution is 5.74. The minimum atomic E-state index is -0.312. The molecule has 134 valence electrons. The molecule has 2 rings (SSSR count). The Morgan fingerprint density at radius 1 is 1.33 bits per heavy atom. The molecule has 1 fully saturated rings. The summed E-state index contributed by atoms with van der Waals surface area (Å²) in [5.41, 5.74) is 2.34. The van der Waals surface area contributed by atoms with Gasteiger partial charge in [0, 0.05) is 39.4 Å². The first-order chi connectivity index (χ1) is 11.3. The topological polar surface area (TPSA) is 55.8 Å². The van der Waals surface area contributed by atoms with Crippen LogP contribution in [0.1, 0.15) is 32.3 Å². The van der Waals surface area contributed by atoms with Crippen molar-refractivity contribution in [3.8, 4) is 0 Å². The zero-order valence-corrected chi connectivity index (χ0v) is 15.4. The van der Waals surface area contributed by atoms with Gasteiger partial charge in [-0.1, -0.05) is 26.0 Å². The molecule has 0 aromatic heterocycles. The summed E-state index contributed by atoms with van der Waals surface area (Å²) in [7, 11) is 4.05. The van der Waals surface area contributed by atoms with Gasteiger partial charge in [-0.3, -0.25) is 0 Å². The second-order valence-corrected chi connectivity index (χ2v) is 7.78. The van der Waals surface area contributed by atoms with Crippen molar-refractivity contribution >= 4 is 11.7 Å². The monoisotopic (exact) mass is 333 g/mol. The first-order valence-electron chi connectivity index (χ1n) is 8.74. The molecule has 5 heteroatoms. The number of carbonyl (C=O) groups is 1. The Hall–Kier alpha value is -1.75. The average molecular weight is 333 g/mol. The molecule has 1 aliphatic rings. The van der Waals surface area contributed by atoms with Crippen LogP contribution in [-0.4, -0.2) is 55.9 Å². The molecule has 0 radical (unpaired) electrons. The Labute approximate surface area is 145 Å². The number of carbonyl (C=O) groups excluding carboxylic acids is 1. The third-order valence-corrected chi connectivity index (χ3v) is 4.57. The summed E-state index contributed by atoms with van der Waals surface area (Å²) >= 11 is 0. The van der Waals surface area contributed by atoms with Gasteiger partial charge in [-0.05, 0) is 42.4 Å². The number of benzene rings is 1. The van der Waals surface area contributed by atoms with E-state index in [1.807, 2.05) is 19.0 Å². The maximum absolute atomic E-state index is 12.4. The summed E-state index contributed by atoms with van der Waals surface area (Å²) in [5, 5.41) is 13.0. The molecule has 5 nitrogen and oxygen atoms in total. The van der Waals surface area contributed by atoms with Crippen molar-refractivity contribution in [3.05, 3.63) is 29.8 Å². The van der Waals surface area contributed by atoms with Gasteiger partial charge in [0.15, 0.2) is 0 Å². The van der Waals surface area contributed by atoms with Crippen LogP contribution < -0.4 is 10.2 Å². The van der Waals surface area contributed by atoms with Crippen LogP contribution in [0.4, 0.5) is 10.5 Å². The van der Waals surface area contributed by atoms with Crippen molar-refractivity contribution in [1.29, 1.82) is 0 Å². The molecule has 1 aliphatic heterocycles. The van der Waals surface area contributed by atoms with Crippen LogP contribution >= 0.6 is 0 Å². The fraction of sp³-hybridized carbons (Fsp3) is 0.632. The van der Waals surface area contributed by atoms with Gasteiger partial charge in [0.25, 0.3) is 0 Å². The van der Waals surface area contributed by atoms with Gasteiger partial charge in [0.1, 0.15) is 0 Å². The summed E-state index contributed by atoms with van der Waals surface area (Å²) in [4.78, 5) is 16.3. The molecule has 1 aromatic rings. The largest absolute Gasteiger partial charge is 0.393 e. The van der Waals surface area contributed by atoms with Gasteiger partial charge >= 0.3 is 6.03 Å². The second-order valence-electron chi connectivity index (χ2n) is 7.78. The van der Waals surface area contributed by atoms with Gasteiger partial charge < -0.3 is 20.2 Å². The summed E-state index contributed by atoms with van der Waals surface area (Å²) < 4.78 is 0. The molecule has 1 atom stereocenters. The molecule has 24 heavy (non-hydrogen) atoms. The fourth-order valence-electron chi connectivity index (χ4n) is 3.26. The van der Waals surface area contributed by atoms with Crippen molar-refractivity contribution in [3.63, 3.8) is 0 Å². The van der Waals surface area contributed by atoms with E-state index in [9.17, 15) is 9.90 Å². The zero-order valence-electron chi connectivity index (χ0n) is 15.4. The SMILES string of the molecule is CN(C)c1ccc(CCNC(=O)N2CC[C@@H](O)CC(C)(C)C2)cc1. The van der Waals surface area contributed by atoms with E-state index < -0.39 is 0 Å². The molecule has 2 amide bonds. The van der Waals surface area contributed by atoms with Crippen molar-refractivity contribution < 1.29 is 9.90 Å². The Morgan fingerprint density at radius 3 is 2.62 bits per heavy atom. The number of urea groups is 1. The first kappa shape index (κ1) is 18.6. The van der Waals surface area contributed by atoms with Crippen LogP contribution in [-0.2, 0) is 6.42 Å². The van der Waals surface area contributed by atoms with E-state index in [-0.39, 0.29) is 17.6 Å². The van der Waals surface area contributed by atoms with Crippen molar-refractivity contribution in [2.75, 3.05) is 38.6 Å². The Morgan fingerprint density at radius 2 is 2.00 bits per heavy atom. The predicted molar refractivity (Wildman–Crippen MR) is 98.5 cm³/mol. The molecule has 0 saturated carbocycles. The third-order valence-electron chi connectivity index (χ3n) is 4.57. The second kappa shape index (κ2) is 7.88. The van der Waals surface area contributed by atoms with Crippen molar-refractivity contribution in [1.82, 2.24) is 10.2 Å². The number of anilines is 1. The first-order valence-corrected chi connectivity index (χ1v) is 8.74. The molecule has 0 bridgehead atoms. The smallest absolute Gasteiger partial charge is 0.317 e. The average Bonchev–Trinajstić information content (AvgIpc) is 2.64. The number of rotatable bonds is 4. The van der Waals surface area contributed by atoms with Crippen molar-refractivity contribution in [2.24, 2.45) is 5.41 Å². The van der Waals surface area contributed by atoms with E-state index in [1.165, 1.54) is 11.3 Å². The highest BCUT2D eigenvalue weighted by Crippen LogP contribution is 2.28. The summed E-state index contributed by atoms with van der Waals surface area (Å²) in [6, 6.07) is 8.37. The Kier molecular flexibility index (Phi) is 6.10. The van der Waals surface area contributed by atoms with E-state index in [0.717, 1.165) is 12.8 Å². The molecule has 0 spiro atoms. The standard InChI is InChI=1S/C19H31N3O2/c1-19(2)13-17(23)10-12-22(14-19)18(24)20-11-9-15-5-7-16(8-6-15)21(3)4/h5-8,17,23H,9-14H2,1-4H3,(H,20,24)/t17-/m1/s1. The molecule has 1 heterocycles. The predicted octanol–water partition coefficient (Wildman–Crippen LogP) is 2.49. The maximum atomic E-state index is 12.4. The number of nitrogens with zero attached hydrogens (tertiary/aromatic N) is 2. The highest BCUT2D eigenvalue weighted by atomic mass is 16.3. The van der Waals surface area contributed by atoms with E-state index >= 15 is 0 Å². The van der Waals surface area contributed by atoms with Gasteiger partial charge in [0.05, 0.1) is 6.10 Å². The number of amides is 2. The third kappa shape index (κ3) is 5.41. The minimum Gasteiger partial charge on any atom is -0.393 e. The van der Waals surface area contributed by atoms with Crippen LogP contribution in [0.25, 0.3) is 0 Å². The van der Waals surface area contributed by atoms with E-state index in [1.54, 1.807) is 0 Å². The number of aliphatic hydroxyl groups is 1. The normalized spacial score (nSPS) is 20.4. The van der Waals surface area contributed by atoms with Gasteiger partial charge in [-0.15, -0.1) is 0 Å². The number of aliphatic hydroxyl groups excluding tert-OH is 1. The summed E-state index contributed by atoms with van der Waals surface area (Å²) in [5.74, 6) is 0. The van der Waals surface area contributed by atoms with Crippen LogP contribution in [0, 0.1) is 5.41 Å². The van der Waals surface area contributed by atoms with Crippen LogP contribution in [0.15, 0.2) is 24.3 Å². The summed E-state index contributed by atoms with van der Waals surface area (Å²) in [6.07, 6.45) is 1.91. The van der Waals surface area contributed by atoms with Crippen LogP contribution in [0.3, 0.4) is 0 Å². The molecule has 1 aromatic carbocycles. The fourth-order valence-corrected chi connectivity index (χ4v) is 3.26. The van der Waals surface area contributed by atoms with E-state index in [4.69, 9.17) is 0 Å². The lowest BCUT2D eigenvalue weighted by molar-refractivity contribution is 0.121. The summed E-state index contributed by atoms with van der Waals surface area (Å²) in [6.45, 7) is 6.14. The van der Waals surface area contributed by atoms with Crippen LogP contribution in [0.5, 0.6) is 0 Å². The molecule has 0 aliphatic carbocycles. The minimum absolute atomic E-state index is 0.0258. The number of hydrogen-bond acceptors (Lipinski definition) is 3. The molecule has 1 saturated heterocycles. The number of hydrogen-bond donors (Lipinski definition) is 2. The van der Waals surface area contributed by atoms with E-state index in [2.05, 4.69) is 48.3 Å². The number of likely N-dealkylation sites (tertiary alicyclic amines) is 1. The van der Waals surface area contributed by atoms with Gasteiger partial charge in [0.2, 0.25) is 0 Å². The lowest BCUT2D eigenvalue weighted by Gasteiger charge is -2.29. The van der Waals surface area contributed by atoms with E-state index in [0.29, 0.717) is 26.1 Å². The van der Waals surface area contributed by atoms with Gasteiger partial charge in [-0.2, -0.15) is 0 Å². The Bertz CT molecular complexity index is 540. The van der Waals surface area contributed by atoms with Crippen molar-refractivity contribution in [2.45, 2.75) is 39.2 Å². The maximum Gasteiger partial charge on any atom is 0.317 e. The number of nitrogens with one attached hydrogen (secondary N) is 1. The Balaban J connectivity index is 1.82. The quantitative estimate of drug-likeness (QED) is 0.890. The molecule has 0 unspecified atom stereocenters.